The van der Waals surface area contributed by atoms with Gasteiger partial charge in [0.2, 0.25) is 0 Å². The molecule has 0 fully saturated rings. The standard InChI is InChI=1S/C20H23N3O7S/c1-5-30-20(25)17-11-6-7-22(2)10-16(11)31-19(17)21-18(24)12-8-14(28-3)15(29-4)9-13(12)23(26)27/h8-9H,5-7,10H2,1-4H3,(H,21,24). The van der Waals surface area contributed by atoms with E-state index >= 15 is 0 Å². The Morgan fingerprint density at radius 2 is 1.94 bits per heavy atom. The number of esters is 1. The molecule has 1 amide bonds. The smallest absolute Gasteiger partial charge is 0.341 e. The van der Waals surface area contributed by atoms with Gasteiger partial charge in [0.15, 0.2) is 11.5 Å². The van der Waals surface area contributed by atoms with Gasteiger partial charge in [0, 0.05) is 24.0 Å². The molecule has 0 aliphatic carbocycles. The Bertz CT molecular complexity index is 1030. The molecule has 0 saturated heterocycles. The molecule has 0 bridgehead atoms. The van der Waals surface area contributed by atoms with Gasteiger partial charge in [-0.1, -0.05) is 0 Å². The number of hydrogen-bond acceptors (Lipinski definition) is 9. The van der Waals surface area contributed by atoms with Gasteiger partial charge in [-0.15, -0.1) is 11.3 Å². The monoisotopic (exact) mass is 449 g/mol. The Balaban J connectivity index is 2.04. The van der Waals surface area contributed by atoms with Crippen molar-refractivity contribution in [3.63, 3.8) is 0 Å². The van der Waals surface area contributed by atoms with Gasteiger partial charge in [0.05, 0.1) is 37.4 Å². The number of amides is 1. The van der Waals surface area contributed by atoms with Gasteiger partial charge < -0.3 is 24.4 Å². The molecule has 0 radical (unpaired) electrons. The number of nitrogens with one attached hydrogen (secondary N) is 1. The summed E-state index contributed by atoms with van der Waals surface area (Å²) in [5, 5.41) is 14.5. The van der Waals surface area contributed by atoms with Crippen LogP contribution in [0.5, 0.6) is 11.5 Å². The largest absolute Gasteiger partial charge is 0.493 e. The first-order valence-corrected chi connectivity index (χ1v) is 10.3. The molecule has 0 unspecified atom stereocenters. The SMILES string of the molecule is CCOC(=O)c1c(NC(=O)c2cc(OC)c(OC)cc2[N+](=O)[O-])sc2c1CCN(C)C2. The molecule has 1 aromatic carbocycles. The average molecular weight is 449 g/mol. The number of benzene rings is 1. The number of nitro benzene ring substituents is 1. The molecule has 31 heavy (non-hydrogen) atoms. The van der Waals surface area contributed by atoms with Crippen LogP contribution in [0.2, 0.25) is 0 Å². The molecule has 1 aromatic heterocycles. The molecule has 2 heterocycles. The van der Waals surface area contributed by atoms with Crippen LogP contribution in [0.25, 0.3) is 0 Å². The zero-order valence-corrected chi connectivity index (χ0v) is 18.5. The van der Waals surface area contributed by atoms with E-state index in [1.54, 1.807) is 6.92 Å². The molecule has 166 valence electrons. The lowest BCUT2D eigenvalue weighted by Crippen LogP contribution is -2.26. The average Bonchev–Trinajstić information content (AvgIpc) is 3.09. The van der Waals surface area contributed by atoms with Gasteiger partial charge in [-0.2, -0.15) is 0 Å². The molecular formula is C20H23N3O7S. The maximum absolute atomic E-state index is 13.0. The summed E-state index contributed by atoms with van der Waals surface area (Å²) < 4.78 is 15.5. The van der Waals surface area contributed by atoms with E-state index in [9.17, 15) is 19.7 Å². The molecule has 0 atom stereocenters. The predicted octanol–water partition coefficient (Wildman–Crippen LogP) is 3.09. The van der Waals surface area contributed by atoms with Gasteiger partial charge in [0.25, 0.3) is 11.6 Å². The Morgan fingerprint density at radius 3 is 2.55 bits per heavy atom. The normalized spacial score (nSPS) is 13.3. The van der Waals surface area contributed by atoms with Gasteiger partial charge >= 0.3 is 5.97 Å². The number of hydrogen-bond donors (Lipinski definition) is 1. The van der Waals surface area contributed by atoms with Crippen LogP contribution in [0.4, 0.5) is 10.7 Å². The Kier molecular flexibility index (Phi) is 6.76. The highest BCUT2D eigenvalue weighted by Gasteiger charge is 2.31. The third-order valence-electron chi connectivity index (χ3n) is 4.90. The van der Waals surface area contributed by atoms with Gasteiger partial charge in [0.1, 0.15) is 10.6 Å². The molecule has 1 N–H and O–H groups in total. The van der Waals surface area contributed by atoms with Crippen molar-refractivity contribution in [3.8, 4) is 11.5 Å². The van der Waals surface area contributed by atoms with E-state index in [0.29, 0.717) is 23.5 Å². The lowest BCUT2D eigenvalue weighted by Gasteiger charge is -2.22. The highest BCUT2D eigenvalue weighted by Crippen LogP contribution is 2.39. The zero-order chi connectivity index (χ0) is 22.7. The molecular weight excluding hydrogens is 426 g/mol. The number of likely N-dealkylation sites (N-methyl/N-ethyl adjacent to an activating group) is 1. The highest BCUT2D eigenvalue weighted by atomic mass is 32.1. The van der Waals surface area contributed by atoms with E-state index in [1.165, 1.54) is 31.6 Å². The summed E-state index contributed by atoms with van der Waals surface area (Å²) in [5.74, 6) is -0.949. The van der Waals surface area contributed by atoms with Crippen LogP contribution in [0.3, 0.4) is 0 Å². The van der Waals surface area contributed by atoms with Crippen molar-refractivity contribution < 1.29 is 28.7 Å². The van der Waals surface area contributed by atoms with Crippen molar-refractivity contribution in [1.82, 2.24) is 4.90 Å². The maximum atomic E-state index is 13.0. The van der Waals surface area contributed by atoms with Gasteiger partial charge in [-0.25, -0.2) is 4.79 Å². The third-order valence-corrected chi connectivity index (χ3v) is 6.03. The van der Waals surface area contributed by atoms with Crippen LogP contribution in [0, 0.1) is 10.1 Å². The zero-order valence-electron chi connectivity index (χ0n) is 17.6. The lowest BCUT2D eigenvalue weighted by molar-refractivity contribution is -0.385. The number of nitrogens with zero attached hydrogens (tertiary/aromatic N) is 2. The van der Waals surface area contributed by atoms with Crippen molar-refractivity contribution in [1.29, 1.82) is 0 Å². The van der Waals surface area contributed by atoms with Crippen LogP contribution in [0.15, 0.2) is 12.1 Å². The fourth-order valence-electron chi connectivity index (χ4n) is 3.41. The summed E-state index contributed by atoms with van der Waals surface area (Å²) in [6.07, 6.45) is 0.642. The minimum absolute atomic E-state index is 0.132. The molecule has 1 aliphatic heterocycles. The van der Waals surface area contributed by atoms with Crippen LogP contribution in [-0.4, -0.2) is 56.1 Å². The molecule has 3 rings (SSSR count). The molecule has 1 aliphatic rings. The number of carbonyl (C=O) groups excluding carboxylic acids is 2. The van der Waals surface area contributed by atoms with E-state index in [1.807, 2.05) is 7.05 Å². The first-order chi connectivity index (χ1) is 14.8. The van der Waals surface area contributed by atoms with Crippen LogP contribution in [-0.2, 0) is 17.7 Å². The van der Waals surface area contributed by atoms with Gasteiger partial charge in [-0.05, 0) is 26.0 Å². The maximum Gasteiger partial charge on any atom is 0.341 e. The molecule has 0 spiro atoms. The Hall–Kier alpha value is -3.18. The number of methoxy groups -OCH3 is 2. The summed E-state index contributed by atoms with van der Waals surface area (Å²) in [4.78, 5) is 39.6. The van der Waals surface area contributed by atoms with Crippen molar-refractivity contribution >= 4 is 33.9 Å². The number of anilines is 1. The first kappa shape index (κ1) is 22.5. The molecule has 2 aromatic rings. The number of rotatable bonds is 7. The quantitative estimate of drug-likeness (QED) is 0.389. The van der Waals surface area contributed by atoms with E-state index in [-0.39, 0.29) is 23.7 Å². The first-order valence-electron chi connectivity index (χ1n) is 9.52. The fraction of sp³-hybridized carbons (Fsp3) is 0.400. The number of fused-ring (bicyclic) bond motifs is 1. The van der Waals surface area contributed by atoms with Gasteiger partial charge in [-0.3, -0.25) is 14.9 Å². The number of nitro groups is 1. The molecule has 10 nitrogen and oxygen atoms in total. The second-order valence-corrected chi connectivity index (χ2v) is 7.96. The summed E-state index contributed by atoms with van der Waals surface area (Å²) >= 11 is 1.27. The van der Waals surface area contributed by atoms with Crippen molar-refractivity contribution in [2.24, 2.45) is 0 Å². The van der Waals surface area contributed by atoms with Crippen molar-refractivity contribution in [3.05, 3.63) is 43.8 Å². The number of ether oxygens (including phenoxy) is 3. The summed E-state index contributed by atoms with van der Waals surface area (Å²) in [7, 11) is 4.69. The summed E-state index contributed by atoms with van der Waals surface area (Å²) in [6, 6.07) is 2.38. The number of thiophene rings is 1. The van der Waals surface area contributed by atoms with E-state index < -0.39 is 22.5 Å². The van der Waals surface area contributed by atoms with Crippen molar-refractivity contribution in [2.75, 3.05) is 39.7 Å². The van der Waals surface area contributed by atoms with E-state index in [2.05, 4.69) is 10.2 Å². The van der Waals surface area contributed by atoms with E-state index in [4.69, 9.17) is 14.2 Å². The molecule has 0 saturated carbocycles. The Labute approximate surface area is 182 Å². The Morgan fingerprint density at radius 1 is 1.26 bits per heavy atom. The third kappa shape index (κ3) is 4.47. The van der Waals surface area contributed by atoms with Crippen LogP contribution < -0.4 is 14.8 Å². The molecule has 11 heteroatoms. The lowest BCUT2D eigenvalue weighted by atomic mass is 10.0. The highest BCUT2D eigenvalue weighted by molar-refractivity contribution is 7.17. The van der Waals surface area contributed by atoms with Crippen LogP contribution in [0.1, 0.15) is 38.1 Å². The summed E-state index contributed by atoms with van der Waals surface area (Å²) in [5.41, 5.74) is 0.514. The topological polar surface area (TPSA) is 120 Å². The second-order valence-electron chi connectivity index (χ2n) is 6.85. The second kappa shape index (κ2) is 9.31. The van der Waals surface area contributed by atoms with Crippen molar-refractivity contribution in [2.45, 2.75) is 19.9 Å². The summed E-state index contributed by atoms with van der Waals surface area (Å²) in [6.45, 7) is 3.30. The number of carbonyl (C=O) groups is 2. The van der Waals surface area contributed by atoms with E-state index in [0.717, 1.165) is 23.1 Å². The fourth-order valence-corrected chi connectivity index (χ4v) is 4.72. The minimum atomic E-state index is -0.731. The minimum Gasteiger partial charge on any atom is -0.493 e. The predicted molar refractivity (Wildman–Crippen MR) is 114 cm³/mol. The van der Waals surface area contributed by atoms with Crippen LogP contribution >= 0.6 is 11.3 Å².